The van der Waals surface area contributed by atoms with Crippen LogP contribution in [0.15, 0.2) is 0 Å². The van der Waals surface area contributed by atoms with Gasteiger partial charge in [-0.2, -0.15) is 13.2 Å². The Balaban J connectivity index is 2.05. The van der Waals surface area contributed by atoms with Crippen LogP contribution in [0.25, 0.3) is 0 Å². The zero-order valence-electron chi connectivity index (χ0n) is 10.5. The second kappa shape index (κ2) is 5.66. The van der Waals surface area contributed by atoms with Crippen molar-refractivity contribution in [2.45, 2.75) is 44.0 Å². The van der Waals surface area contributed by atoms with E-state index in [2.05, 4.69) is 0 Å². The van der Waals surface area contributed by atoms with Gasteiger partial charge in [-0.3, -0.25) is 9.69 Å². The fraction of sp³-hybridized carbons (Fsp3) is 0.917. The summed E-state index contributed by atoms with van der Waals surface area (Å²) in [5.41, 5.74) is 0. The standard InChI is InChI=1S/C12H18F3NO3/c13-12(14,15)8(11(17)18)7-16-5-6-19-10-4-2-1-3-9(10)16/h8-10H,1-7H2,(H,17,18). The summed E-state index contributed by atoms with van der Waals surface area (Å²) in [6, 6.07) is -0.0632. The van der Waals surface area contributed by atoms with Crippen LogP contribution < -0.4 is 0 Å². The molecule has 0 radical (unpaired) electrons. The van der Waals surface area contributed by atoms with E-state index in [0.29, 0.717) is 13.2 Å². The van der Waals surface area contributed by atoms with Crippen LogP contribution in [-0.2, 0) is 9.53 Å². The van der Waals surface area contributed by atoms with Crippen LogP contribution in [0.4, 0.5) is 13.2 Å². The number of alkyl halides is 3. The van der Waals surface area contributed by atoms with Gasteiger partial charge in [0.2, 0.25) is 0 Å². The minimum Gasteiger partial charge on any atom is -0.481 e. The maximum atomic E-state index is 12.7. The second-order valence-electron chi connectivity index (χ2n) is 5.19. The Hall–Kier alpha value is -0.820. The molecule has 1 aliphatic carbocycles. The van der Waals surface area contributed by atoms with E-state index >= 15 is 0 Å². The lowest BCUT2D eigenvalue weighted by atomic mass is 9.89. The molecule has 0 amide bonds. The fourth-order valence-corrected chi connectivity index (χ4v) is 2.96. The van der Waals surface area contributed by atoms with Gasteiger partial charge in [0.15, 0.2) is 5.92 Å². The van der Waals surface area contributed by atoms with Crippen molar-refractivity contribution in [3.8, 4) is 0 Å². The Bertz CT molecular complexity index is 333. The number of hydrogen-bond donors (Lipinski definition) is 1. The first-order valence-corrected chi connectivity index (χ1v) is 6.55. The maximum absolute atomic E-state index is 12.7. The van der Waals surface area contributed by atoms with Gasteiger partial charge in [0.25, 0.3) is 0 Å². The summed E-state index contributed by atoms with van der Waals surface area (Å²) in [5.74, 6) is -4.11. The molecule has 2 rings (SSSR count). The molecule has 3 atom stereocenters. The predicted molar refractivity (Wildman–Crippen MR) is 60.7 cm³/mol. The third kappa shape index (κ3) is 3.39. The molecule has 1 heterocycles. The van der Waals surface area contributed by atoms with Crippen LogP contribution in [0.1, 0.15) is 25.7 Å². The van der Waals surface area contributed by atoms with E-state index in [-0.39, 0.29) is 12.1 Å². The Labute approximate surface area is 109 Å². The second-order valence-corrected chi connectivity index (χ2v) is 5.19. The number of carbonyl (C=O) groups is 1. The summed E-state index contributed by atoms with van der Waals surface area (Å²) < 4.78 is 43.7. The van der Waals surface area contributed by atoms with E-state index in [0.717, 1.165) is 25.7 Å². The van der Waals surface area contributed by atoms with Crippen molar-refractivity contribution in [2.24, 2.45) is 5.92 Å². The van der Waals surface area contributed by atoms with Gasteiger partial charge in [0.1, 0.15) is 0 Å². The average molecular weight is 281 g/mol. The molecule has 2 aliphatic rings. The van der Waals surface area contributed by atoms with Crippen LogP contribution >= 0.6 is 0 Å². The highest BCUT2D eigenvalue weighted by molar-refractivity contribution is 5.71. The number of hydrogen-bond acceptors (Lipinski definition) is 3. The maximum Gasteiger partial charge on any atom is 0.403 e. The minimum absolute atomic E-state index is 0.0369. The highest BCUT2D eigenvalue weighted by atomic mass is 19.4. The van der Waals surface area contributed by atoms with Crippen molar-refractivity contribution >= 4 is 5.97 Å². The van der Waals surface area contributed by atoms with Gasteiger partial charge in [0.05, 0.1) is 12.7 Å². The Morgan fingerprint density at radius 2 is 2.05 bits per heavy atom. The van der Waals surface area contributed by atoms with E-state index < -0.39 is 24.6 Å². The predicted octanol–water partition coefficient (Wildman–Crippen LogP) is 1.89. The fourth-order valence-electron chi connectivity index (χ4n) is 2.96. The van der Waals surface area contributed by atoms with Gasteiger partial charge in [0, 0.05) is 19.1 Å². The molecule has 3 unspecified atom stereocenters. The van der Waals surface area contributed by atoms with Crippen molar-refractivity contribution in [1.29, 1.82) is 0 Å². The minimum atomic E-state index is -4.70. The first-order chi connectivity index (χ1) is 8.89. The molecule has 1 saturated heterocycles. The molecular weight excluding hydrogens is 263 g/mol. The largest absolute Gasteiger partial charge is 0.481 e. The Morgan fingerprint density at radius 3 is 2.68 bits per heavy atom. The van der Waals surface area contributed by atoms with Gasteiger partial charge in [-0.25, -0.2) is 0 Å². The molecule has 110 valence electrons. The number of aliphatic carboxylic acids is 1. The summed E-state index contributed by atoms with van der Waals surface area (Å²) in [6.45, 7) is 0.287. The Morgan fingerprint density at radius 1 is 1.37 bits per heavy atom. The lowest BCUT2D eigenvalue weighted by Gasteiger charge is -2.44. The van der Waals surface area contributed by atoms with Gasteiger partial charge < -0.3 is 9.84 Å². The molecular formula is C12H18F3NO3. The van der Waals surface area contributed by atoms with Crippen molar-refractivity contribution in [3.05, 3.63) is 0 Å². The van der Waals surface area contributed by atoms with E-state index in [9.17, 15) is 18.0 Å². The van der Waals surface area contributed by atoms with Crippen LogP contribution in [0.3, 0.4) is 0 Å². The molecule has 0 aromatic carbocycles. The van der Waals surface area contributed by atoms with Gasteiger partial charge in [-0.1, -0.05) is 12.8 Å². The SMILES string of the molecule is O=C(O)C(CN1CCOC2CCCCC21)C(F)(F)F. The molecule has 1 saturated carbocycles. The highest BCUT2D eigenvalue weighted by Crippen LogP contribution is 2.32. The molecule has 2 fully saturated rings. The van der Waals surface area contributed by atoms with Crippen molar-refractivity contribution in [3.63, 3.8) is 0 Å². The quantitative estimate of drug-likeness (QED) is 0.858. The van der Waals surface area contributed by atoms with Crippen LogP contribution in [0, 0.1) is 5.92 Å². The number of nitrogens with zero attached hydrogens (tertiary/aromatic N) is 1. The first-order valence-electron chi connectivity index (χ1n) is 6.55. The zero-order valence-corrected chi connectivity index (χ0v) is 10.5. The molecule has 1 aliphatic heterocycles. The number of rotatable bonds is 3. The van der Waals surface area contributed by atoms with Gasteiger partial charge in [-0.15, -0.1) is 0 Å². The van der Waals surface area contributed by atoms with Crippen LogP contribution in [0.5, 0.6) is 0 Å². The first kappa shape index (κ1) is 14.6. The monoisotopic (exact) mass is 281 g/mol. The number of ether oxygens (including phenoxy) is 1. The average Bonchev–Trinajstić information content (AvgIpc) is 2.34. The number of morpholine rings is 1. The van der Waals surface area contributed by atoms with Crippen LogP contribution in [0.2, 0.25) is 0 Å². The molecule has 19 heavy (non-hydrogen) atoms. The normalized spacial score (nSPS) is 30.7. The third-order valence-electron chi connectivity index (χ3n) is 3.96. The van der Waals surface area contributed by atoms with Gasteiger partial charge in [-0.05, 0) is 12.8 Å². The van der Waals surface area contributed by atoms with Crippen molar-refractivity contribution in [1.82, 2.24) is 4.90 Å². The molecule has 7 heteroatoms. The highest BCUT2D eigenvalue weighted by Gasteiger charge is 2.47. The third-order valence-corrected chi connectivity index (χ3v) is 3.96. The van der Waals surface area contributed by atoms with Crippen LogP contribution in [-0.4, -0.2) is 54.0 Å². The molecule has 4 nitrogen and oxygen atoms in total. The lowest BCUT2D eigenvalue weighted by Crippen LogP contribution is -2.55. The van der Waals surface area contributed by atoms with Crippen molar-refractivity contribution in [2.75, 3.05) is 19.7 Å². The molecule has 1 N–H and O–H groups in total. The topological polar surface area (TPSA) is 49.8 Å². The number of halogens is 3. The summed E-state index contributed by atoms with van der Waals surface area (Å²) in [7, 11) is 0. The molecule has 0 spiro atoms. The van der Waals surface area contributed by atoms with E-state index in [1.54, 1.807) is 4.90 Å². The molecule has 0 aromatic heterocycles. The summed E-state index contributed by atoms with van der Waals surface area (Å²) in [4.78, 5) is 12.5. The lowest BCUT2D eigenvalue weighted by molar-refractivity contribution is -0.202. The van der Waals surface area contributed by atoms with E-state index in [1.165, 1.54) is 0 Å². The van der Waals surface area contributed by atoms with Crippen molar-refractivity contribution < 1.29 is 27.8 Å². The number of carboxylic acids is 1. The smallest absolute Gasteiger partial charge is 0.403 e. The summed E-state index contributed by atoms with van der Waals surface area (Å²) in [5, 5.41) is 8.76. The van der Waals surface area contributed by atoms with E-state index in [1.807, 2.05) is 0 Å². The molecule has 0 bridgehead atoms. The molecule has 0 aromatic rings. The Kier molecular flexibility index (Phi) is 4.35. The summed E-state index contributed by atoms with van der Waals surface area (Å²) in [6.07, 6.45) is -1.11. The number of fused-ring (bicyclic) bond motifs is 1. The summed E-state index contributed by atoms with van der Waals surface area (Å²) >= 11 is 0. The number of carboxylic acid groups (broad SMARTS) is 1. The van der Waals surface area contributed by atoms with E-state index in [4.69, 9.17) is 9.84 Å². The zero-order chi connectivity index (χ0) is 14.0. The van der Waals surface area contributed by atoms with Gasteiger partial charge >= 0.3 is 12.1 Å².